The van der Waals surface area contributed by atoms with Crippen LogP contribution in [0.5, 0.6) is 0 Å². The molecule has 0 radical (unpaired) electrons. The van der Waals surface area contributed by atoms with Crippen molar-refractivity contribution in [3.05, 3.63) is 80.9 Å². The molecule has 1 atom stereocenters. The van der Waals surface area contributed by atoms with Crippen molar-refractivity contribution >= 4 is 23.5 Å². The summed E-state index contributed by atoms with van der Waals surface area (Å²) in [6.07, 6.45) is -4.51. The van der Waals surface area contributed by atoms with Crippen LogP contribution in [0.15, 0.2) is 48.5 Å². The van der Waals surface area contributed by atoms with Gasteiger partial charge in [-0.15, -0.1) is 0 Å². The van der Waals surface area contributed by atoms with Crippen LogP contribution in [-0.4, -0.2) is 23.2 Å². The number of hydrogen-bond acceptors (Lipinski definition) is 4. The topological polar surface area (TPSA) is 89.3 Å². The minimum atomic E-state index is -4.51. The molecule has 2 aromatic carbocycles. The maximum absolute atomic E-state index is 12.7. The lowest BCUT2D eigenvalue weighted by Crippen LogP contribution is -2.23. The SMILES string of the molecule is O=C(C[N+](=O)[O-])c1ccc(C(C(=O)NCl)c2ccc(C(F)(F)F)cc2)cc1. The van der Waals surface area contributed by atoms with Crippen LogP contribution < -0.4 is 4.84 Å². The van der Waals surface area contributed by atoms with E-state index in [1.54, 1.807) is 0 Å². The second-order valence-electron chi connectivity index (χ2n) is 5.55. The zero-order chi connectivity index (χ0) is 20.2. The molecule has 0 bridgehead atoms. The lowest BCUT2D eigenvalue weighted by atomic mass is 9.89. The Bertz CT molecular complexity index is 852. The fraction of sp³-hybridized carbons (Fsp3) is 0.176. The number of Topliss-reactive ketones (excluding diaryl/α,β-unsaturated/α-hetero) is 1. The van der Waals surface area contributed by atoms with Crippen LogP contribution in [0.2, 0.25) is 0 Å². The average Bonchev–Trinajstić information content (AvgIpc) is 2.61. The third-order valence-corrected chi connectivity index (χ3v) is 3.95. The predicted octanol–water partition coefficient (Wildman–Crippen LogP) is 3.57. The zero-order valence-electron chi connectivity index (χ0n) is 13.5. The molecule has 0 aromatic heterocycles. The van der Waals surface area contributed by atoms with Crippen LogP contribution in [0, 0.1) is 10.1 Å². The van der Waals surface area contributed by atoms with Gasteiger partial charge in [-0.25, -0.2) is 0 Å². The third kappa shape index (κ3) is 5.04. The van der Waals surface area contributed by atoms with E-state index in [1.807, 2.05) is 4.84 Å². The number of nitrogens with zero attached hydrogens (tertiary/aromatic N) is 1. The van der Waals surface area contributed by atoms with E-state index in [1.165, 1.54) is 24.3 Å². The number of ketones is 1. The van der Waals surface area contributed by atoms with Gasteiger partial charge in [0, 0.05) is 22.3 Å². The molecule has 6 nitrogen and oxygen atoms in total. The molecular formula is C17H12ClF3N2O4. The Morgan fingerprint density at radius 2 is 1.52 bits per heavy atom. The Kier molecular flexibility index (Phi) is 6.17. The number of halogens is 4. The normalized spacial score (nSPS) is 12.3. The minimum absolute atomic E-state index is 0.0768. The maximum atomic E-state index is 12.7. The molecule has 2 aromatic rings. The lowest BCUT2D eigenvalue weighted by Gasteiger charge is -2.17. The Morgan fingerprint density at radius 3 is 1.93 bits per heavy atom. The molecule has 2 rings (SSSR count). The van der Waals surface area contributed by atoms with Gasteiger partial charge in [0.05, 0.1) is 11.5 Å². The first kappa shape index (κ1) is 20.4. The van der Waals surface area contributed by atoms with E-state index >= 15 is 0 Å². The van der Waals surface area contributed by atoms with E-state index in [4.69, 9.17) is 11.8 Å². The Morgan fingerprint density at radius 1 is 1.04 bits per heavy atom. The summed E-state index contributed by atoms with van der Waals surface area (Å²) in [5.41, 5.74) is -0.180. The maximum Gasteiger partial charge on any atom is 0.416 e. The number of nitro groups is 1. The number of benzene rings is 2. The number of amides is 1. The highest BCUT2D eigenvalue weighted by Gasteiger charge is 2.31. The molecule has 0 spiro atoms. The summed E-state index contributed by atoms with van der Waals surface area (Å²) in [5.74, 6) is -2.41. The summed E-state index contributed by atoms with van der Waals surface area (Å²) in [6, 6.07) is 9.40. The summed E-state index contributed by atoms with van der Waals surface area (Å²) in [7, 11) is 0. The largest absolute Gasteiger partial charge is 0.416 e. The van der Waals surface area contributed by atoms with Crippen molar-refractivity contribution in [3.63, 3.8) is 0 Å². The third-order valence-electron chi connectivity index (χ3n) is 3.77. The molecule has 1 N–H and O–H groups in total. The lowest BCUT2D eigenvalue weighted by molar-refractivity contribution is -0.465. The van der Waals surface area contributed by atoms with Crippen molar-refractivity contribution in [1.29, 1.82) is 0 Å². The molecule has 142 valence electrons. The number of carbonyl (C=O) groups excluding carboxylic acids is 2. The van der Waals surface area contributed by atoms with E-state index in [2.05, 4.69) is 0 Å². The summed E-state index contributed by atoms with van der Waals surface area (Å²) in [4.78, 5) is 35.4. The fourth-order valence-corrected chi connectivity index (χ4v) is 2.59. The number of carbonyl (C=O) groups is 2. The molecule has 10 heteroatoms. The number of alkyl halides is 3. The second kappa shape index (κ2) is 8.17. The molecule has 1 amide bonds. The van der Waals surface area contributed by atoms with Gasteiger partial charge in [0.25, 0.3) is 6.54 Å². The van der Waals surface area contributed by atoms with E-state index in [-0.39, 0.29) is 11.1 Å². The number of rotatable bonds is 6. The first-order valence-corrected chi connectivity index (χ1v) is 7.84. The first-order chi connectivity index (χ1) is 12.6. The molecule has 0 fully saturated rings. The standard InChI is InChI=1S/C17H12ClF3N2O4/c18-22-16(25)15(12-5-7-13(8-6-12)17(19,20)21)11-3-1-10(2-4-11)14(24)9-23(26)27/h1-8,15H,9H2,(H,22,25). The average molecular weight is 401 g/mol. The first-order valence-electron chi connectivity index (χ1n) is 7.46. The molecule has 27 heavy (non-hydrogen) atoms. The highest BCUT2D eigenvalue weighted by Crippen LogP contribution is 2.32. The minimum Gasteiger partial charge on any atom is -0.287 e. The van der Waals surface area contributed by atoms with Gasteiger partial charge in [0.2, 0.25) is 11.7 Å². The van der Waals surface area contributed by atoms with E-state index in [0.29, 0.717) is 5.56 Å². The van der Waals surface area contributed by atoms with Crippen LogP contribution in [0.4, 0.5) is 13.2 Å². The molecule has 0 heterocycles. The monoisotopic (exact) mass is 400 g/mol. The van der Waals surface area contributed by atoms with Gasteiger partial charge < -0.3 is 0 Å². The van der Waals surface area contributed by atoms with Crippen molar-refractivity contribution < 1.29 is 27.7 Å². The van der Waals surface area contributed by atoms with Gasteiger partial charge in [0.1, 0.15) is 0 Å². The van der Waals surface area contributed by atoms with Gasteiger partial charge in [-0.1, -0.05) is 36.4 Å². The molecule has 0 saturated carbocycles. The summed E-state index contributed by atoms with van der Waals surface area (Å²) >= 11 is 5.38. The van der Waals surface area contributed by atoms with E-state index < -0.39 is 40.8 Å². The molecule has 1 unspecified atom stereocenters. The molecule has 0 aliphatic rings. The van der Waals surface area contributed by atoms with Crippen LogP contribution in [0.3, 0.4) is 0 Å². The Labute approximate surface area is 156 Å². The van der Waals surface area contributed by atoms with Crippen molar-refractivity contribution in [2.24, 2.45) is 0 Å². The highest BCUT2D eigenvalue weighted by molar-refractivity contribution is 6.22. The van der Waals surface area contributed by atoms with Crippen LogP contribution in [0.25, 0.3) is 0 Å². The van der Waals surface area contributed by atoms with Gasteiger partial charge in [-0.05, 0) is 23.3 Å². The van der Waals surface area contributed by atoms with Gasteiger partial charge in [-0.2, -0.15) is 13.2 Å². The van der Waals surface area contributed by atoms with Crippen molar-refractivity contribution in [2.75, 3.05) is 6.54 Å². The van der Waals surface area contributed by atoms with Gasteiger partial charge in [0.15, 0.2) is 0 Å². The predicted molar refractivity (Wildman–Crippen MR) is 89.9 cm³/mol. The molecular weight excluding hydrogens is 389 g/mol. The molecule has 0 saturated heterocycles. The molecule has 0 aliphatic heterocycles. The smallest absolute Gasteiger partial charge is 0.287 e. The zero-order valence-corrected chi connectivity index (χ0v) is 14.3. The van der Waals surface area contributed by atoms with Crippen LogP contribution >= 0.6 is 11.8 Å². The van der Waals surface area contributed by atoms with Gasteiger partial charge in [-0.3, -0.25) is 24.5 Å². The fourth-order valence-electron chi connectivity index (χ4n) is 2.48. The van der Waals surface area contributed by atoms with Crippen molar-refractivity contribution in [1.82, 2.24) is 4.84 Å². The van der Waals surface area contributed by atoms with Gasteiger partial charge >= 0.3 is 6.18 Å². The van der Waals surface area contributed by atoms with Crippen molar-refractivity contribution in [2.45, 2.75) is 12.1 Å². The Hall–Kier alpha value is -2.94. The summed E-state index contributed by atoms with van der Waals surface area (Å²) in [6.45, 7) is -0.871. The quantitative estimate of drug-likeness (QED) is 0.347. The number of hydrogen-bond donors (Lipinski definition) is 1. The second-order valence-corrected chi connectivity index (χ2v) is 5.74. The van der Waals surface area contributed by atoms with Crippen LogP contribution in [-0.2, 0) is 11.0 Å². The van der Waals surface area contributed by atoms with E-state index in [0.717, 1.165) is 24.3 Å². The summed E-state index contributed by atoms with van der Waals surface area (Å²) in [5, 5.41) is 10.4. The molecule has 0 aliphatic carbocycles. The van der Waals surface area contributed by atoms with Crippen molar-refractivity contribution in [3.8, 4) is 0 Å². The van der Waals surface area contributed by atoms with E-state index in [9.17, 15) is 32.9 Å². The summed E-state index contributed by atoms with van der Waals surface area (Å²) < 4.78 is 38.1. The van der Waals surface area contributed by atoms with Crippen LogP contribution in [0.1, 0.15) is 33.0 Å². The highest BCUT2D eigenvalue weighted by atomic mass is 35.5. The Balaban J connectivity index is 2.35. The number of nitrogens with one attached hydrogen (secondary N) is 1.